The van der Waals surface area contributed by atoms with E-state index in [9.17, 15) is 4.79 Å². The Morgan fingerprint density at radius 1 is 1.29 bits per heavy atom. The van der Waals surface area contributed by atoms with Gasteiger partial charge in [0.05, 0.1) is 0 Å². The van der Waals surface area contributed by atoms with E-state index in [2.05, 4.69) is 21.2 Å². The summed E-state index contributed by atoms with van der Waals surface area (Å²) in [4.78, 5) is 11.8. The van der Waals surface area contributed by atoms with E-state index in [0.717, 1.165) is 31.0 Å². The van der Waals surface area contributed by atoms with Gasteiger partial charge in [-0.15, -0.1) is 0 Å². The van der Waals surface area contributed by atoms with Crippen molar-refractivity contribution in [3.63, 3.8) is 0 Å². The van der Waals surface area contributed by atoms with Gasteiger partial charge < -0.3 is 5.32 Å². The number of halogens is 1. The highest BCUT2D eigenvalue weighted by atomic mass is 79.9. The largest absolute Gasteiger partial charge is 0.350 e. The van der Waals surface area contributed by atoms with Crippen LogP contribution in [0.2, 0.25) is 0 Å². The second-order valence-corrected chi connectivity index (χ2v) is 5.30. The van der Waals surface area contributed by atoms with Gasteiger partial charge in [-0.05, 0) is 25.7 Å². The zero-order valence-electron chi connectivity index (χ0n) is 8.52. The normalized spacial score (nSPS) is 25.8. The zero-order chi connectivity index (χ0) is 10.0. The number of carbonyl (C=O) groups excluding carboxylic acids is 1. The molecule has 0 aromatic rings. The highest BCUT2D eigenvalue weighted by Crippen LogP contribution is 2.33. The first-order valence-electron chi connectivity index (χ1n) is 5.64. The maximum Gasteiger partial charge on any atom is 0.223 e. The third-order valence-electron chi connectivity index (χ3n) is 3.68. The summed E-state index contributed by atoms with van der Waals surface area (Å²) in [5.41, 5.74) is 0.0900. The fourth-order valence-electron chi connectivity index (χ4n) is 2.38. The summed E-state index contributed by atoms with van der Waals surface area (Å²) < 4.78 is 0. The van der Waals surface area contributed by atoms with Crippen molar-refractivity contribution in [2.24, 2.45) is 5.92 Å². The molecule has 0 aromatic carbocycles. The van der Waals surface area contributed by atoms with Crippen molar-refractivity contribution in [1.29, 1.82) is 0 Å². The molecule has 0 aliphatic heterocycles. The topological polar surface area (TPSA) is 29.1 Å². The van der Waals surface area contributed by atoms with Gasteiger partial charge in [0.15, 0.2) is 0 Å². The van der Waals surface area contributed by atoms with Crippen molar-refractivity contribution in [1.82, 2.24) is 5.32 Å². The molecule has 2 rings (SSSR count). The van der Waals surface area contributed by atoms with Gasteiger partial charge in [-0.1, -0.05) is 35.2 Å². The van der Waals surface area contributed by atoms with Crippen LogP contribution < -0.4 is 5.32 Å². The fourth-order valence-corrected chi connectivity index (χ4v) is 3.08. The minimum Gasteiger partial charge on any atom is -0.350 e. The molecule has 3 heteroatoms. The molecule has 1 amide bonds. The second-order valence-electron chi connectivity index (χ2n) is 4.74. The molecule has 0 saturated heterocycles. The molecule has 14 heavy (non-hydrogen) atoms. The summed E-state index contributed by atoms with van der Waals surface area (Å²) in [6.07, 6.45) is 8.26. The van der Waals surface area contributed by atoms with Crippen LogP contribution in [0.4, 0.5) is 0 Å². The molecule has 0 heterocycles. The quantitative estimate of drug-likeness (QED) is 0.776. The van der Waals surface area contributed by atoms with Crippen molar-refractivity contribution in [2.45, 2.75) is 50.5 Å². The van der Waals surface area contributed by atoms with Gasteiger partial charge in [0.25, 0.3) is 0 Å². The van der Waals surface area contributed by atoms with E-state index in [0.29, 0.717) is 11.8 Å². The van der Waals surface area contributed by atoms with Crippen molar-refractivity contribution in [3.8, 4) is 0 Å². The SMILES string of the molecule is O=C(NC1(CBr)CCCC1)C1CCC1. The van der Waals surface area contributed by atoms with Crippen LogP contribution in [0.25, 0.3) is 0 Å². The summed E-state index contributed by atoms with van der Waals surface area (Å²) in [5, 5.41) is 4.17. The van der Waals surface area contributed by atoms with Crippen LogP contribution >= 0.6 is 15.9 Å². The van der Waals surface area contributed by atoms with E-state index < -0.39 is 0 Å². The standard InChI is InChI=1S/C11H18BrNO/c12-8-11(6-1-2-7-11)13-10(14)9-4-3-5-9/h9H,1-8H2,(H,13,14). The Bertz CT molecular complexity index is 219. The van der Waals surface area contributed by atoms with Gasteiger partial charge >= 0.3 is 0 Å². The van der Waals surface area contributed by atoms with E-state index >= 15 is 0 Å². The van der Waals surface area contributed by atoms with Gasteiger partial charge in [-0.3, -0.25) is 4.79 Å². The Hall–Kier alpha value is -0.0500. The maximum absolute atomic E-state index is 11.8. The molecular weight excluding hydrogens is 242 g/mol. The molecular formula is C11H18BrNO. The molecule has 0 unspecified atom stereocenters. The lowest BCUT2D eigenvalue weighted by Crippen LogP contribution is -2.50. The first kappa shape index (κ1) is 10.5. The van der Waals surface area contributed by atoms with Crippen LogP contribution in [0.3, 0.4) is 0 Å². The van der Waals surface area contributed by atoms with Gasteiger partial charge in [0, 0.05) is 16.8 Å². The van der Waals surface area contributed by atoms with Crippen LogP contribution in [0.15, 0.2) is 0 Å². The van der Waals surface area contributed by atoms with Gasteiger partial charge in [-0.25, -0.2) is 0 Å². The minimum atomic E-state index is 0.0900. The summed E-state index contributed by atoms with van der Waals surface area (Å²) in [5.74, 6) is 0.629. The zero-order valence-corrected chi connectivity index (χ0v) is 10.1. The fraction of sp³-hybridized carbons (Fsp3) is 0.909. The van der Waals surface area contributed by atoms with Crippen molar-refractivity contribution >= 4 is 21.8 Å². The average molecular weight is 260 g/mol. The molecule has 0 spiro atoms. The average Bonchev–Trinajstić information content (AvgIpc) is 2.50. The first-order valence-corrected chi connectivity index (χ1v) is 6.76. The van der Waals surface area contributed by atoms with Crippen molar-refractivity contribution in [2.75, 3.05) is 5.33 Å². The smallest absolute Gasteiger partial charge is 0.223 e. The molecule has 0 aromatic heterocycles. The third-order valence-corrected chi connectivity index (χ3v) is 4.75. The predicted molar refractivity (Wildman–Crippen MR) is 60.5 cm³/mol. The summed E-state index contributed by atoms with van der Waals surface area (Å²) >= 11 is 3.54. The Balaban J connectivity index is 1.89. The molecule has 80 valence electrons. The van der Waals surface area contributed by atoms with Crippen molar-refractivity contribution in [3.05, 3.63) is 0 Å². The Morgan fingerprint density at radius 3 is 2.36 bits per heavy atom. The number of nitrogens with one attached hydrogen (secondary N) is 1. The predicted octanol–water partition coefficient (Wildman–Crippen LogP) is 2.61. The second kappa shape index (κ2) is 4.21. The van der Waals surface area contributed by atoms with Crippen molar-refractivity contribution < 1.29 is 4.79 Å². The lowest BCUT2D eigenvalue weighted by Gasteiger charge is -2.33. The molecule has 2 saturated carbocycles. The Kier molecular flexibility index (Phi) is 3.15. The molecule has 0 radical (unpaired) electrons. The molecule has 0 atom stereocenters. The van der Waals surface area contributed by atoms with E-state index in [1.807, 2.05) is 0 Å². The number of hydrogen-bond donors (Lipinski definition) is 1. The highest BCUT2D eigenvalue weighted by molar-refractivity contribution is 9.09. The third kappa shape index (κ3) is 1.97. The maximum atomic E-state index is 11.8. The monoisotopic (exact) mass is 259 g/mol. The summed E-state index contributed by atoms with van der Waals surface area (Å²) in [7, 11) is 0. The lowest BCUT2D eigenvalue weighted by atomic mass is 9.84. The summed E-state index contributed by atoms with van der Waals surface area (Å²) in [6, 6.07) is 0. The number of carbonyl (C=O) groups is 1. The van der Waals surface area contributed by atoms with E-state index in [1.165, 1.54) is 19.3 Å². The van der Waals surface area contributed by atoms with Gasteiger partial charge in [0.1, 0.15) is 0 Å². The molecule has 2 fully saturated rings. The molecule has 2 aliphatic carbocycles. The van der Waals surface area contributed by atoms with Crippen LogP contribution in [0.1, 0.15) is 44.9 Å². The molecule has 0 bridgehead atoms. The number of rotatable bonds is 3. The lowest BCUT2D eigenvalue weighted by molar-refractivity contribution is -0.129. The first-order chi connectivity index (χ1) is 6.76. The van der Waals surface area contributed by atoms with E-state index in [4.69, 9.17) is 0 Å². The van der Waals surface area contributed by atoms with E-state index in [1.54, 1.807) is 0 Å². The Labute approximate surface area is 94.0 Å². The van der Waals surface area contributed by atoms with E-state index in [-0.39, 0.29) is 5.54 Å². The molecule has 2 aliphatic rings. The van der Waals surface area contributed by atoms with Crippen LogP contribution in [0.5, 0.6) is 0 Å². The highest BCUT2D eigenvalue weighted by Gasteiger charge is 2.36. The molecule has 1 N–H and O–H groups in total. The van der Waals surface area contributed by atoms with Crippen LogP contribution in [-0.2, 0) is 4.79 Å². The summed E-state index contributed by atoms with van der Waals surface area (Å²) in [6.45, 7) is 0. The van der Waals surface area contributed by atoms with Gasteiger partial charge in [0.2, 0.25) is 5.91 Å². The number of hydrogen-bond acceptors (Lipinski definition) is 1. The molecule has 2 nitrogen and oxygen atoms in total. The van der Waals surface area contributed by atoms with Crippen LogP contribution in [-0.4, -0.2) is 16.8 Å². The Morgan fingerprint density at radius 2 is 1.93 bits per heavy atom. The number of amides is 1. The van der Waals surface area contributed by atoms with Crippen LogP contribution in [0, 0.1) is 5.92 Å². The van der Waals surface area contributed by atoms with Gasteiger partial charge in [-0.2, -0.15) is 0 Å². The minimum absolute atomic E-state index is 0.0900. The number of alkyl halides is 1.